The zero-order valence-corrected chi connectivity index (χ0v) is 20.3. The molecule has 4 rings (SSSR count). The number of carbonyl (C=O) groups excluding carboxylic acids is 1. The summed E-state index contributed by atoms with van der Waals surface area (Å²) in [6.45, 7) is 2.21. The predicted octanol–water partition coefficient (Wildman–Crippen LogP) is 5.38. The van der Waals surface area contributed by atoms with Crippen molar-refractivity contribution in [3.8, 4) is 11.3 Å². The standard InChI is InChI=1S/C29H29FN4O2/c1-3-25(31-2)28(35)33-26-16-17-27(21-9-5-4-6-10-21)34(29(26)36)19-20-8-7-11-24(18-20)32-23-14-12-22(30)13-15-23/h4-18,25,31-32H,3,19H2,1-2H3,(H,33,35). The largest absolute Gasteiger partial charge is 0.356 e. The molecule has 4 aromatic rings. The lowest BCUT2D eigenvalue weighted by Crippen LogP contribution is -2.39. The normalized spacial score (nSPS) is 11.6. The van der Waals surface area contributed by atoms with Gasteiger partial charge in [0.2, 0.25) is 5.91 Å². The number of nitrogens with zero attached hydrogens (tertiary/aromatic N) is 1. The first kappa shape index (κ1) is 24.9. The first-order chi connectivity index (χ1) is 17.5. The van der Waals surface area contributed by atoms with Crippen LogP contribution >= 0.6 is 0 Å². The Morgan fingerprint density at radius 1 is 0.917 bits per heavy atom. The van der Waals surface area contributed by atoms with Crippen molar-refractivity contribution >= 4 is 23.0 Å². The van der Waals surface area contributed by atoms with Gasteiger partial charge in [-0.15, -0.1) is 0 Å². The van der Waals surface area contributed by atoms with Crippen LogP contribution in [-0.4, -0.2) is 23.6 Å². The van der Waals surface area contributed by atoms with E-state index in [9.17, 15) is 14.0 Å². The van der Waals surface area contributed by atoms with Gasteiger partial charge in [0.1, 0.15) is 11.5 Å². The van der Waals surface area contributed by atoms with Gasteiger partial charge in [-0.25, -0.2) is 4.39 Å². The Hall–Kier alpha value is -4.23. The molecule has 0 aliphatic rings. The van der Waals surface area contributed by atoms with E-state index in [1.54, 1.807) is 29.8 Å². The molecule has 1 amide bonds. The summed E-state index contributed by atoms with van der Waals surface area (Å²) < 4.78 is 14.9. The van der Waals surface area contributed by atoms with Crippen LogP contribution < -0.4 is 21.5 Å². The van der Waals surface area contributed by atoms with Gasteiger partial charge in [-0.3, -0.25) is 9.59 Å². The quantitative estimate of drug-likeness (QED) is 0.298. The third kappa shape index (κ3) is 5.87. The van der Waals surface area contributed by atoms with E-state index in [-0.39, 0.29) is 29.0 Å². The van der Waals surface area contributed by atoms with Crippen molar-refractivity contribution in [3.63, 3.8) is 0 Å². The molecule has 0 spiro atoms. The molecular weight excluding hydrogens is 455 g/mol. The third-order valence-corrected chi connectivity index (χ3v) is 5.98. The fourth-order valence-corrected chi connectivity index (χ4v) is 4.06. The van der Waals surface area contributed by atoms with Gasteiger partial charge in [0.15, 0.2) is 0 Å². The minimum absolute atomic E-state index is 0.231. The number of carbonyl (C=O) groups is 1. The summed E-state index contributed by atoms with van der Waals surface area (Å²) >= 11 is 0. The van der Waals surface area contributed by atoms with Crippen LogP contribution in [0.2, 0.25) is 0 Å². The van der Waals surface area contributed by atoms with Gasteiger partial charge >= 0.3 is 0 Å². The Kier molecular flexibility index (Phi) is 7.92. The Balaban J connectivity index is 1.69. The number of rotatable bonds is 9. The maximum Gasteiger partial charge on any atom is 0.275 e. The minimum Gasteiger partial charge on any atom is -0.356 e. The highest BCUT2D eigenvalue weighted by Crippen LogP contribution is 2.23. The van der Waals surface area contributed by atoms with Crippen molar-refractivity contribution in [1.82, 2.24) is 9.88 Å². The molecule has 1 heterocycles. The van der Waals surface area contributed by atoms with E-state index >= 15 is 0 Å². The van der Waals surface area contributed by atoms with E-state index in [4.69, 9.17) is 0 Å². The van der Waals surface area contributed by atoms with Crippen molar-refractivity contribution in [3.05, 3.63) is 113 Å². The van der Waals surface area contributed by atoms with E-state index < -0.39 is 0 Å². The highest BCUT2D eigenvalue weighted by atomic mass is 19.1. The van der Waals surface area contributed by atoms with E-state index in [0.717, 1.165) is 28.2 Å². The van der Waals surface area contributed by atoms with Crippen molar-refractivity contribution in [2.24, 2.45) is 0 Å². The van der Waals surface area contributed by atoms with Gasteiger partial charge in [-0.1, -0.05) is 49.4 Å². The molecule has 0 aliphatic heterocycles. The number of benzene rings is 3. The molecule has 0 bridgehead atoms. The van der Waals surface area contributed by atoms with Crippen molar-refractivity contribution in [2.75, 3.05) is 17.7 Å². The highest BCUT2D eigenvalue weighted by molar-refractivity contribution is 5.94. The molecule has 0 saturated heterocycles. The number of halogens is 1. The van der Waals surface area contributed by atoms with Crippen molar-refractivity contribution in [2.45, 2.75) is 25.9 Å². The molecule has 7 heteroatoms. The predicted molar refractivity (Wildman–Crippen MR) is 143 cm³/mol. The molecule has 0 fully saturated rings. The van der Waals surface area contributed by atoms with Crippen molar-refractivity contribution in [1.29, 1.82) is 0 Å². The van der Waals surface area contributed by atoms with Crippen LogP contribution in [0.4, 0.5) is 21.5 Å². The lowest BCUT2D eigenvalue weighted by Gasteiger charge is -2.18. The monoisotopic (exact) mass is 484 g/mol. The van der Waals surface area contributed by atoms with Crippen LogP contribution in [0.1, 0.15) is 18.9 Å². The Labute approximate surface area is 209 Å². The van der Waals surface area contributed by atoms with E-state index in [2.05, 4.69) is 16.0 Å². The van der Waals surface area contributed by atoms with Gasteiger partial charge in [0.05, 0.1) is 18.3 Å². The summed E-state index contributed by atoms with van der Waals surface area (Å²) in [5, 5.41) is 9.01. The SMILES string of the molecule is CCC(NC)C(=O)Nc1ccc(-c2ccccc2)n(Cc2cccc(Nc3ccc(F)cc3)c2)c1=O. The first-order valence-corrected chi connectivity index (χ1v) is 11.9. The summed E-state index contributed by atoms with van der Waals surface area (Å²) in [5.41, 5.74) is 4.06. The lowest BCUT2D eigenvalue weighted by atomic mass is 10.1. The Morgan fingerprint density at radius 2 is 1.67 bits per heavy atom. The smallest absolute Gasteiger partial charge is 0.275 e. The van der Waals surface area contributed by atoms with Crippen LogP contribution in [0.15, 0.2) is 95.8 Å². The molecule has 184 valence electrons. The molecular formula is C29H29FN4O2. The number of nitrogens with one attached hydrogen (secondary N) is 3. The maximum atomic E-state index is 13.6. The van der Waals surface area contributed by atoms with Gasteiger partial charge in [-0.05, 0) is 73.1 Å². The fraction of sp³-hybridized carbons (Fsp3) is 0.172. The van der Waals surface area contributed by atoms with Gasteiger partial charge in [-0.2, -0.15) is 0 Å². The molecule has 0 radical (unpaired) electrons. The van der Waals surface area contributed by atoms with E-state index in [0.29, 0.717) is 13.0 Å². The number of likely N-dealkylation sites (N-methyl/N-ethyl adjacent to an activating group) is 1. The topological polar surface area (TPSA) is 75.2 Å². The molecule has 1 atom stereocenters. The number of pyridine rings is 1. The number of aromatic nitrogens is 1. The zero-order valence-electron chi connectivity index (χ0n) is 20.3. The lowest BCUT2D eigenvalue weighted by molar-refractivity contribution is -0.118. The second kappa shape index (κ2) is 11.5. The number of hydrogen-bond donors (Lipinski definition) is 3. The van der Waals surface area contributed by atoms with Crippen LogP contribution in [0.5, 0.6) is 0 Å². The summed E-state index contributed by atoms with van der Waals surface area (Å²) in [6, 6.07) is 26.6. The molecule has 1 unspecified atom stereocenters. The van der Waals surface area contributed by atoms with Crippen LogP contribution in [-0.2, 0) is 11.3 Å². The summed E-state index contributed by atoms with van der Waals surface area (Å²) in [7, 11) is 1.72. The second-order valence-electron chi connectivity index (χ2n) is 8.46. The van der Waals surface area contributed by atoms with Gasteiger partial charge < -0.3 is 20.5 Å². The van der Waals surface area contributed by atoms with Crippen LogP contribution in [0.3, 0.4) is 0 Å². The van der Waals surface area contributed by atoms with E-state index in [1.165, 1.54) is 12.1 Å². The second-order valence-corrected chi connectivity index (χ2v) is 8.46. The number of amides is 1. The average Bonchev–Trinajstić information content (AvgIpc) is 2.89. The molecule has 0 aliphatic carbocycles. The Bertz CT molecular complexity index is 1380. The Morgan fingerprint density at radius 3 is 2.36 bits per heavy atom. The average molecular weight is 485 g/mol. The molecule has 1 aromatic heterocycles. The minimum atomic E-state index is -0.388. The number of anilines is 3. The van der Waals surface area contributed by atoms with Gasteiger partial charge in [0, 0.05) is 11.4 Å². The first-order valence-electron chi connectivity index (χ1n) is 11.9. The maximum absolute atomic E-state index is 13.6. The fourth-order valence-electron chi connectivity index (χ4n) is 4.06. The highest BCUT2D eigenvalue weighted by Gasteiger charge is 2.18. The summed E-state index contributed by atoms with van der Waals surface area (Å²) in [5.74, 6) is -0.546. The van der Waals surface area contributed by atoms with Crippen LogP contribution in [0, 0.1) is 5.82 Å². The molecule has 6 nitrogen and oxygen atoms in total. The molecule has 3 aromatic carbocycles. The zero-order chi connectivity index (χ0) is 25.5. The molecule has 0 saturated carbocycles. The van der Waals surface area contributed by atoms with E-state index in [1.807, 2.05) is 67.6 Å². The molecule has 3 N–H and O–H groups in total. The number of hydrogen-bond acceptors (Lipinski definition) is 4. The van der Waals surface area contributed by atoms with Crippen molar-refractivity contribution < 1.29 is 9.18 Å². The third-order valence-electron chi connectivity index (χ3n) is 5.98. The summed E-state index contributed by atoms with van der Waals surface area (Å²) in [6.07, 6.45) is 0.604. The molecule has 36 heavy (non-hydrogen) atoms. The summed E-state index contributed by atoms with van der Waals surface area (Å²) in [4.78, 5) is 26.2. The van der Waals surface area contributed by atoms with Gasteiger partial charge in [0.25, 0.3) is 5.56 Å². The van der Waals surface area contributed by atoms with Crippen LogP contribution in [0.25, 0.3) is 11.3 Å².